The monoisotopic (exact) mass is 345 g/mol. The van der Waals surface area contributed by atoms with Crippen LogP contribution in [0, 0.1) is 11.3 Å². The highest BCUT2D eigenvalue weighted by atomic mass is 79.9. The molecular weight excluding hydrogens is 334 g/mol. The van der Waals surface area contributed by atoms with Crippen molar-refractivity contribution in [1.82, 2.24) is 5.32 Å². The standard InChI is InChI=1S/C15H12BrN3O2/c1-2-21-15(20)11(8-17)14-18-9-12(16)13(19-14)10-6-4-3-5-7-10/h3-7,9,19H,2H2,1H3. The fourth-order valence-electron chi connectivity index (χ4n) is 1.74. The lowest BCUT2D eigenvalue weighted by atomic mass is 10.1. The highest BCUT2D eigenvalue weighted by Gasteiger charge is 2.20. The summed E-state index contributed by atoms with van der Waals surface area (Å²) in [6.07, 6.45) is 1.55. The van der Waals surface area contributed by atoms with Gasteiger partial charge in [0.1, 0.15) is 6.07 Å². The van der Waals surface area contributed by atoms with Gasteiger partial charge in [-0.05, 0) is 28.4 Å². The Bertz CT molecular complexity index is 685. The van der Waals surface area contributed by atoms with Crippen molar-refractivity contribution in [3.8, 4) is 6.07 Å². The van der Waals surface area contributed by atoms with E-state index in [1.165, 1.54) is 0 Å². The van der Waals surface area contributed by atoms with Crippen molar-refractivity contribution in [2.45, 2.75) is 6.92 Å². The number of esters is 1. The van der Waals surface area contributed by atoms with Crippen LogP contribution in [0.25, 0.3) is 5.70 Å². The van der Waals surface area contributed by atoms with Gasteiger partial charge >= 0.3 is 5.97 Å². The lowest BCUT2D eigenvalue weighted by Crippen LogP contribution is -2.21. The lowest BCUT2D eigenvalue weighted by Gasteiger charge is -2.17. The zero-order valence-electron chi connectivity index (χ0n) is 11.3. The Morgan fingerprint density at radius 3 is 2.76 bits per heavy atom. The molecule has 1 aliphatic rings. The van der Waals surface area contributed by atoms with Gasteiger partial charge < -0.3 is 10.1 Å². The van der Waals surface area contributed by atoms with Gasteiger partial charge in [0.15, 0.2) is 11.4 Å². The fourth-order valence-corrected chi connectivity index (χ4v) is 2.17. The van der Waals surface area contributed by atoms with Crippen LogP contribution < -0.4 is 5.32 Å². The van der Waals surface area contributed by atoms with Crippen LogP contribution in [0.1, 0.15) is 12.5 Å². The molecule has 6 heteroatoms. The molecule has 0 saturated heterocycles. The van der Waals surface area contributed by atoms with Crippen LogP contribution in [0.4, 0.5) is 0 Å². The zero-order chi connectivity index (χ0) is 15.2. The summed E-state index contributed by atoms with van der Waals surface area (Å²) in [5.74, 6) is -0.511. The molecule has 0 amide bonds. The maximum Gasteiger partial charge on any atom is 0.352 e. The number of nitrogens with zero attached hydrogens (tertiary/aromatic N) is 2. The van der Waals surface area contributed by atoms with Crippen LogP contribution >= 0.6 is 15.9 Å². The van der Waals surface area contributed by atoms with Gasteiger partial charge in [-0.15, -0.1) is 0 Å². The van der Waals surface area contributed by atoms with Gasteiger partial charge in [-0.1, -0.05) is 30.3 Å². The van der Waals surface area contributed by atoms with E-state index in [1.807, 2.05) is 36.4 Å². The van der Waals surface area contributed by atoms with E-state index in [9.17, 15) is 4.79 Å². The summed E-state index contributed by atoms with van der Waals surface area (Å²) < 4.78 is 5.59. The fraction of sp³-hybridized carbons (Fsp3) is 0.133. The number of aliphatic imine (C=N–C) groups is 1. The molecule has 0 fully saturated rings. The molecule has 21 heavy (non-hydrogen) atoms. The number of rotatable bonds is 3. The Morgan fingerprint density at radius 2 is 2.14 bits per heavy atom. The van der Waals surface area contributed by atoms with Crippen molar-refractivity contribution in [3.63, 3.8) is 0 Å². The van der Waals surface area contributed by atoms with Crippen LogP contribution in [0.5, 0.6) is 0 Å². The van der Waals surface area contributed by atoms with Crippen LogP contribution in [0.15, 0.2) is 51.2 Å². The summed E-state index contributed by atoms with van der Waals surface area (Å²) >= 11 is 3.40. The number of benzene rings is 1. The molecule has 0 unspecified atom stereocenters. The van der Waals surface area contributed by atoms with Crippen LogP contribution in [-0.4, -0.2) is 18.8 Å². The molecule has 0 spiro atoms. The molecular formula is C15H12BrN3O2. The van der Waals surface area contributed by atoms with Gasteiger partial charge in [0.2, 0.25) is 0 Å². The van der Waals surface area contributed by atoms with E-state index in [-0.39, 0.29) is 18.0 Å². The molecule has 0 aliphatic carbocycles. The van der Waals surface area contributed by atoms with E-state index in [4.69, 9.17) is 10.00 Å². The van der Waals surface area contributed by atoms with Gasteiger partial charge in [-0.3, -0.25) is 0 Å². The third-order valence-corrected chi connectivity index (χ3v) is 3.28. The number of hydrogen-bond acceptors (Lipinski definition) is 5. The molecule has 0 atom stereocenters. The van der Waals surface area contributed by atoms with Crippen molar-refractivity contribution in [3.05, 3.63) is 51.8 Å². The Morgan fingerprint density at radius 1 is 1.43 bits per heavy atom. The number of allylic oxidation sites excluding steroid dienone is 1. The maximum atomic E-state index is 11.8. The number of nitrogens with one attached hydrogen (secondary N) is 1. The van der Waals surface area contributed by atoms with E-state index in [0.29, 0.717) is 0 Å². The SMILES string of the molecule is CCOC(=O)C(C#N)=C1N=CC(Br)=C(c2ccccc2)N1. The van der Waals surface area contributed by atoms with Crippen LogP contribution in [0.2, 0.25) is 0 Å². The third kappa shape index (κ3) is 3.38. The molecule has 1 aromatic rings. The largest absolute Gasteiger partial charge is 0.462 e. The number of halogens is 1. The number of hydrogen-bond donors (Lipinski definition) is 1. The molecule has 1 aliphatic heterocycles. The molecule has 1 aromatic carbocycles. The predicted octanol–water partition coefficient (Wildman–Crippen LogP) is 2.72. The molecule has 2 rings (SSSR count). The minimum Gasteiger partial charge on any atom is -0.462 e. The first-order chi connectivity index (χ1) is 10.2. The summed E-state index contributed by atoms with van der Waals surface area (Å²) in [7, 11) is 0. The first-order valence-electron chi connectivity index (χ1n) is 6.25. The zero-order valence-corrected chi connectivity index (χ0v) is 12.8. The van der Waals surface area contributed by atoms with Crippen molar-refractivity contribution >= 4 is 33.8 Å². The summed E-state index contributed by atoms with van der Waals surface area (Å²) in [6.45, 7) is 1.88. The normalized spacial score (nSPS) is 16.0. The van der Waals surface area contributed by atoms with Crippen LogP contribution in [-0.2, 0) is 9.53 Å². The molecule has 106 valence electrons. The first-order valence-corrected chi connectivity index (χ1v) is 7.04. The number of carbonyl (C=O) groups excluding carboxylic acids is 1. The van der Waals surface area contributed by atoms with Gasteiger partial charge in [0.05, 0.1) is 16.8 Å². The Balaban J connectivity index is 2.39. The highest BCUT2D eigenvalue weighted by molar-refractivity contribution is 9.12. The lowest BCUT2D eigenvalue weighted by molar-refractivity contribution is -0.138. The molecule has 5 nitrogen and oxygen atoms in total. The van der Waals surface area contributed by atoms with E-state index in [0.717, 1.165) is 15.7 Å². The highest BCUT2D eigenvalue weighted by Crippen LogP contribution is 2.25. The van der Waals surface area contributed by atoms with Gasteiger partial charge in [-0.25, -0.2) is 9.79 Å². The summed E-state index contributed by atoms with van der Waals surface area (Å²) in [4.78, 5) is 15.8. The minimum absolute atomic E-state index is 0.151. The quantitative estimate of drug-likeness (QED) is 0.519. The first kappa shape index (κ1) is 15.0. The smallest absolute Gasteiger partial charge is 0.352 e. The van der Waals surface area contributed by atoms with Gasteiger partial charge in [-0.2, -0.15) is 5.26 Å². The molecule has 1 N–H and O–H groups in total. The van der Waals surface area contributed by atoms with Crippen molar-refractivity contribution in [2.24, 2.45) is 4.99 Å². The van der Waals surface area contributed by atoms with E-state index in [1.54, 1.807) is 13.1 Å². The second-order valence-corrected chi connectivity index (χ2v) is 4.88. The summed E-state index contributed by atoms with van der Waals surface area (Å²) in [6, 6.07) is 11.4. The minimum atomic E-state index is -0.690. The van der Waals surface area contributed by atoms with E-state index >= 15 is 0 Å². The molecule has 0 saturated carbocycles. The maximum absolute atomic E-state index is 11.8. The average Bonchev–Trinajstić information content (AvgIpc) is 2.51. The van der Waals surface area contributed by atoms with E-state index < -0.39 is 5.97 Å². The topological polar surface area (TPSA) is 74.5 Å². The average molecular weight is 346 g/mol. The second-order valence-electron chi connectivity index (χ2n) is 4.03. The van der Waals surface area contributed by atoms with Crippen LogP contribution in [0.3, 0.4) is 0 Å². The van der Waals surface area contributed by atoms with Crippen molar-refractivity contribution in [1.29, 1.82) is 5.26 Å². The molecule has 0 aromatic heterocycles. The number of nitriles is 1. The van der Waals surface area contributed by atoms with Crippen molar-refractivity contribution < 1.29 is 9.53 Å². The second kappa shape index (κ2) is 6.86. The van der Waals surface area contributed by atoms with Gasteiger partial charge in [0.25, 0.3) is 0 Å². The Hall–Kier alpha value is -2.39. The summed E-state index contributed by atoms with van der Waals surface area (Å²) in [5, 5.41) is 12.1. The summed E-state index contributed by atoms with van der Waals surface area (Å²) in [5.41, 5.74) is 1.49. The Kier molecular flexibility index (Phi) is 4.90. The van der Waals surface area contributed by atoms with Gasteiger partial charge in [0, 0.05) is 6.21 Å². The molecule has 0 radical (unpaired) electrons. The third-order valence-electron chi connectivity index (χ3n) is 2.68. The predicted molar refractivity (Wildman–Crippen MR) is 83.2 cm³/mol. The number of carbonyl (C=O) groups is 1. The molecule has 1 heterocycles. The van der Waals surface area contributed by atoms with Crippen molar-refractivity contribution in [2.75, 3.05) is 6.61 Å². The number of ether oxygens (including phenoxy) is 1. The molecule has 0 bridgehead atoms. The van der Waals surface area contributed by atoms with E-state index in [2.05, 4.69) is 26.2 Å². The Labute approximate surface area is 130 Å².